The van der Waals surface area contributed by atoms with Gasteiger partial charge in [0.25, 0.3) is 0 Å². The predicted molar refractivity (Wildman–Crippen MR) is 74.8 cm³/mol. The lowest BCUT2D eigenvalue weighted by atomic mass is 9.95. The molecule has 0 radical (unpaired) electrons. The molecule has 1 aliphatic rings. The average Bonchev–Trinajstić information content (AvgIpc) is 2.42. The molecule has 0 aliphatic carbocycles. The van der Waals surface area contributed by atoms with Crippen molar-refractivity contribution in [2.75, 3.05) is 0 Å². The Balaban J connectivity index is 2.02. The lowest BCUT2D eigenvalue weighted by molar-refractivity contribution is 0.0253. The molecule has 1 atom stereocenters. The molecule has 2 aromatic carbocycles. The van der Waals surface area contributed by atoms with Gasteiger partial charge in [0.1, 0.15) is 6.10 Å². The first kappa shape index (κ1) is 12.5. The Kier molecular flexibility index (Phi) is 3.21. The van der Waals surface area contributed by atoms with Gasteiger partial charge in [0, 0.05) is 12.0 Å². The van der Waals surface area contributed by atoms with Gasteiger partial charge in [-0.1, -0.05) is 53.5 Å². The highest BCUT2D eigenvalue weighted by Gasteiger charge is 2.28. The summed E-state index contributed by atoms with van der Waals surface area (Å²) in [6.07, 6.45) is 0.232. The molecule has 0 spiro atoms. The first-order valence-electron chi connectivity index (χ1n) is 5.89. The molecule has 4 heteroatoms. The van der Waals surface area contributed by atoms with Crippen LogP contribution in [0.5, 0.6) is 0 Å². The van der Waals surface area contributed by atoms with Crippen LogP contribution in [0.15, 0.2) is 42.5 Å². The van der Waals surface area contributed by atoms with Gasteiger partial charge in [-0.3, -0.25) is 0 Å². The number of cyclic esters (lactones) is 1. The summed E-state index contributed by atoms with van der Waals surface area (Å²) in [6, 6.07) is 12.8. The topological polar surface area (TPSA) is 26.3 Å². The standard InChI is InChI=1S/C15H10Cl2O2/c16-12-7-3-6-11(14(12)17)13-8-9-4-1-2-5-10(9)15(18)19-13/h1-7,13H,8H2. The SMILES string of the molecule is O=C1OC(c2cccc(Cl)c2Cl)Cc2ccccc21. The predicted octanol–water partition coefficient (Wildman–Crippen LogP) is 4.45. The van der Waals surface area contributed by atoms with E-state index in [1.54, 1.807) is 18.2 Å². The molecule has 1 heterocycles. The van der Waals surface area contributed by atoms with E-state index in [1.165, 1.54) is 0 Å². The maximum Gasteiger partial charge on any atom is 0.339 e. The van der Waals surface area contributed by atoms with Gasteiger partial charge in [-0.2, -0.15) is 0 Å². The molecular weight excluding hydrogens is 283 g/mol. The van der Waals surface area contributed by atoms with E-state index < -0.39 is 0 Å². The second kappa shape index (κ2) is 4.87. The monoisotopic (exact) mass is 292 g/mol. The average molecular weight is 293 g/mol. The minimum absolute atomic E-state index is 0.317. The summed E-state index contributed by atoms with van der Waals surface area (Å²) in [4.78, 5) is 12.0. The molecule has 1 unspecified atom stereocenters. The molecule has 3 rings (SSSR count). The fourth-order valence-electron chi connectivity index (χ4n) is 2.27. The van der Waals surface area contributed by atoms with E-state index in [1.807, 2.05) is 24.3 Å². The van der Waals surface area contributed by atoms with Crippen LogP contribution in [0.3, 0.4) is 0 Å². The third-order valence-electron chi connectivity index (χ3n) is 3.22. The smallest absolute Gasteiger partial charge is 0.339 e. The normalized spacial score (nSPS) is 17.8. The maximum absolute atomic E-state index is 12.0. The Hall–Kier alpha value is -1.51. The molecule has 0 saturated carbocycles. The summed E-state index contributed by atoms with van der Waals surface area (Å²) in [5, 5.41) is 0.912. The van der Waals surface area contributed by atoms with Gasteiger partial charge in [0.15, 0.2) is 0 Å². The van der Waals surface area contributed by atoms with Gasteiger partial charge in [-0.15, -0.1) is 0 Å². The minimum atomic E-state index is -0.381. The van der Waals surface area contributed by atoms with Crippen molar-refractivity contribution >= 4 is 29.2 Å². The quantitative estimate of drug-likeness (QED) is 0.726. The molecule has 2 nitrogen and oxygen atoms in total. The number of fused-ring (bicyclic) bond motifs is 1. The highest BCUT2D eigenvalue weighted by Crippen LogP contribution is 2.36. The lowest BCUT2D eigenvalue weighted by Gasteiger charge is -2.25. The summed E-state index contributed by atoms with van der Waals surface area (Å²) in [6.45, 7) is 0. The first-order chi connectivity index (χ1) is 9.16. The van der Waals surface area contributed by atoms with Crippen LogP contribution in [0.4, 0.5) is 0 Å². The third kappa shape index (κ3) is 2.22. The third-order valence-corrected chi connectivity index (χ3v) is 4.05. The fraction of sp³-hybridized carbons (Fsp3) is 0.133. The van der Waals surface area contributed by atoms with Crippen LogP contribution in [0.25, 0.3) is 0 Å². The summed E-state index contributed by atoms with van der Waals surface area (Å²) in [5.41, 5.74) is 2.34. The second-order valence-corrected chi connectivity index (χ2v) is 5.18. The number of hydrogen-bond donors (Lipinski definition) is 0. The van der Waals surface area contributed by atoms with Crippen molar-refractivity contribution in [3.8, 4) is 0 Å². The fourth-order valence-corrected chi connectivity index (χ4v) is 2.70. The van der Waals surface area contributed by atoms with Crippen molar-refractivity contribution < 1.29 is 9.53 Å². The van der Waals surface area contributed by atoms with Crippen LogP contribution in [0.2, 0.25) is 10.0 Å². The van der Waals surface area contributed by atoms with Crippen molar-refractivity contribution in [1.82, 2.24) is 0 Å². The number of carbonyl (C=O) groups is 1. The number of carbonyl (C=O) groups excluding carboxylic acids is 1. The summed E-state index contributed by atoms with van der Waals surface area (Å²) in [5.74, 6) is -0.317. The van der Waals surface area contributed by atoms with Crippen LogP contribution in [0, 0.1) is 0 Å². The molecular formula is C15H10Cl2O2. The van der Waals surface area contributed by atoms with Gasteiger partial charge in [-0.25, -0.2) is 4.79 Å². The molecule has 19 heavy (non-hydrogen) atoms. The number of esters is 1. The highest BCUT2D eigenvalue weighted by molar-refractivity contribution is 6.42. The summed E-state index contributed by atoms with van der Waals surface area (Å²) < 4.78 is 5.45. The van der Waals surface area contributed by atoms with Crippen LogP contribution in [-0.2, 0) is 11.2 Å². The Morgan fingerprint density at radius 3 is 2.68 bits per heavy atom. The van der Waals surface area contributed by atoms with E-state index in [9.17, 15) is 4.79 Å². The van der Waals surface area contributed by atoms with E-state index in [-0.39, 0.29) is 12.1 Å². The molecule has 0 amide bonds. The van der Waals surface area contributed by atoms with E-state index in [0.29, 0.717) is 22.0 Å². The lowest BCUT2D eigenvalue weighted by Crippen LogP contribution is -2.21. The summed E-state index contributed by atoms with van der Waals surface area (Å²) in [7, 11) is 0. The second-order valence-electron chi connectivity index (χ2n) is 4.40. The number of rotatable bonds is 1. The first-order valence-corrected chi connectivity index (χ1v) is 6.65. The number of hydrogen-bond acceptors (Lipinski definition) is 2. The van der Waals surface area contributed by atoms with Gasteiger partial charge < -0.3 is 4.74 Å². The van der Waals surface area contributed by atoms with Crippen molar-refractivity contribution in [3.63, 3.8) is 0 Å². The zero-order valence-electron chi connectivity index (χ0n) is 9.90. The number of halogens is 2. The van der Waals surface area contributed by atoms with E-state index in [4.69, 9.17) is 27.9 Å². The van der Waals surface area contributed by atoms with Gasteiger partial charge >= 0.3 is 5.97 Å². The minimum Gasteiger partial charge on any atom is -0.453 e. The maximum atomic E-state index is 12.0. The van der Waals surface area contributed by atoms with Gasteiger partial charge in [-0.05, 0) is 17.7 Å². The summed E-state index contributed by atoms with van der Waals surface area (Å²) >= 11 is 12.2. The Labute approximate surface area is 120 Å². The highest BCUT2D eigenvalue weighted by atomic mass is 35.5. The largest absolute Gasteiger partial charge is 0.453 e. The van der Waals surface area contributed by atoms with E-state index >= 15 is 0 Å². The molecule has 1 aliphatic heterocycles. The zero-order valence-corrected chi connectivity index (χ0v) is 11.4. The van der Waals surface area contributed by atoms with Crippen LogP contribution < -0.4 is 0 Å². The number of ether oxygens (including phenoxy) is 1. The Morgan fingerprint density at radius 2 is 1.84 bits per heavy atom. The Bertz CT molecular complexity index is 652. The Morgan fingerprint density at radius 1 is 1.05 bits per heavy atom. The molecule has 0 saturated heterocycles. The van der Waals surface area contributed by atoms with E-state index in [2.05, 4.69) is 0 Å². The molecule has 0 fully saturated rings. The van der Waals surface area contributed by atoms with Crippen molar-refractivity contribution in [2.24, 2.45) is 0 Å². The molecule has 0 N–H and O–H groups in total. The molecule has 2 aromatic rings. The molecule has 0 bridgehead atoms. The molecule has 96 valence electrons. The zero-order chi connectivity index (χ0) is 13.4. The van der Waals surface area contributed by atoms with Crippen LogP contribution in [0.1, 0.15) is 27.6 Å². The van der Waals surface area contributed by atoms with Crippen LogP contribution in [-0.4, -0.2) is 5.97 Å². The van der Waals surface area contributed by atoms with Crippen molar-refractivity contribution in [2.45, 2.75) is 12.5 Å². The number of benzene rings is 2. The van der Waals surface area contributed by atoms with E-state index in [0.717, 1.165) is 11.1 Å². The molecule has 0 aromatic heterocycles. The van der Waals surface area contributed by atoms with Crippen molar-refractivity contribution in [1.29, 1.82) is 0 Å². The van der Waals surface area contributed by atoms with Crippen LogP contribution >= 0.6 is 23.2 Å². The van der Waals surface area contributed by atoms with Gasteiger partial charge in [0.2, 0.25) is 0 Å². The van der Waals surface area contributed by atoms with Gasteiger partial charge in [0.05, 0.1) is 15.6 Å². The van der Waals surface area contributed by atoms with Crippen molar-refractivity contribution in [3.05, 3.63) is 69.2 Å².